The maximum Gasteiger partial charge on any atom is 0.281 e. The van der Waals surface area contributed by atoms with E-state index >= 15 is 0 Å². The molecule has 132 valence electrons. The van der Waals surface area contributed by atoms with E-state index in [1.54, 1.807) is 11.0 Å². The van der Waals surface area contributed by atoms with E-state index < -0.39 is 6.17 Å². The van der Waals surface area contributed by atoms with Crippen molar-refractivity contribution in [3.05, 3.63) is 58.2 Å². The third-order valence-electron chi connectivity index (χ3n) is 4.21. The van der Waals surface area contributed by atoms with Crippen LogP contribution in [0.25, 0.3) is 10.1 Å². The maximum atomic E-state index is 14.5. The quantitative estimate of drug-likeness (QED) is 0.810. The van der Waals surface area contributed by atoms with Gasteiger partial charge in [0.15, 0.2) is 5.13 Å². The molecule has 0 radical (unpaired) electrons. The van der Waals surface area contributed by atoms with Crippen LogP contribution in [0.3, 0.4) is 0 Å². The van der Waals surface area contributed by atoms with Crippen molar-refractivity contribution in [2.24, 2.45) is 0 Å². The fourth-order valence-corrected chi connectivity index (χ4v) is 4.03. The molecule has 6 heteroatoms. The zero-order chi connectivity index (χ0) is 18.0. The first-order chi connectivity index (χ1) is 12.0. The molecule has 0 bridgehead atoms. The summed E-state index contributed by atoms with van der Waals surface area (Å²) in [7, 11) is 3.69. The molecular formula is C19H22FN3OS. The molecule has 4 nitrogen and oxygen atoms in total. The number of anilines is 1. The number of benzene rings is 1. The molecule has 1 aliphatic carbocycles. The first-order valence-corrected chi connectivity index (χ1v) is 9.22. The second-order valence-corrected chi connectivity index (χ2v) is 7.27. The van der Waals surface area contributed by atoms with Gasteiger partial charge in [0, 0.05) is 43.2 Å². The topological polar surface area (TPSA) is 36.4 Å². The fourth-order valence-electron chi connectivity index (χ4n) is 2.97. The van der Waals surface area contributed by atoms with Crippen molar-refractivity contribution >= 4 is 26.6 Å². The Morgan fingerprint density at radius 1 is 1.28 bits per heavy atom. The van der Waals surface area contributed by atoms with Crippen molar-refractivity contribution in [2.45, 2.75) is 25.9 Å². The molecular weight excluding hydrogens is 337 g/mol. The van der Waals surface area contributed by atoms with E-state index in [4.69, 9.17) is 0 Å². The highest BCUT2D eigenvalue weighted by Crippen LogP contribution is 2.31. The Bertz CT molecular complexity index is 888. The minimum absolute atomic E-state index is 0.233. The highest BCUT2D eigenvalue weighted by Gasteiger charge is 2.25. The average molecular weight is 359 g/mol. The van der Waals surface area contributed by atoms with Gasteiger partial charge >= 0.3 is 0 Å². The van der Waals surface area contributed by atoms with Crippen LogP contribution in [0.2, 0.25) is 0 Å². The zero-order valence-electron chi connectivity index (χ0n) is 14.7. The van der Waals surface area contributed by atoms with Crippen LogP contribution in [-0.4, -0.2) is 36.7 Å². The minimum Gasteiger partial charge on any atom is -0.379 e. The van der Waals surface area contributed by atoms with Crippen LogP contribution in [0.15, 0.2) is 52.6 Å². The summed E-state index contributed by atoms with van der Waals surface area (Å²) in [5, 5.41) is 1.26. The highest BCUT2D eigenvalue weighted by atomic mass is 32.1. The number of alkyl halides is 1. The molecule has 0 N–H and O–H groups in total. The first-order valence-electron chi connectivity index (χ1n) is 8.40. The number of aromatic nitrogens is 1. The van der Waals surface area contributed by atoms with Crippen molar-refractivity contribution in [1.29, 1.82) is 0 Å². The van der Waals surface area contributed by atoms with Crippen LogP contribution >= 0.6 is 11.3 Å². The van der Waals surface area contributed by atoms with E-state index in [2.05, 4.69) is 11.9 Å². The maximum absolute atomic E-state index is 14.5. The number of hydrogen-bond acceptors (Lipinski definition) is 5. The smallest absolute Gasteiger partial charge is 0.281 e. The van der Waals surface area contributed by atoms with E-state index in [1.807, 2.05) is 49.3 Å². The Labute approximate surface area is 150 Å². The molecule has 0 saturated carbocycles. The van der Waals surface area contributed by atoms with Gasteiger partial charge in [-0.3, -0.25) is 4.79 Å². The van der Waals surface area contributed by atoms with Gasteiger partial charge in [-0.2, -0.15) is 4.98 Å². The molecule has 0 amide bonds. The lowest BCUT2D eigenvalue weighted by atomic mass is 10.0. The molecule has 0 saturated heterocycles. The number of rotatable bonds is 5. The molecule has 2 aromatic rings. The largest absolute Gasteiger partial charge is 0.379 e. The van der Waals surface area contributed by atoms with Crippen LogP contribution in [-0.2, 0) is 0 Å². The first kappa shape index (κ1) is 17.6. The Morgan fingerprint density at radius 3 is 2.72 bits per heavy atom. The molecule has 1 aromatic carbocycles. The lowest BCUT2D eigenvalue weighted by Crippen LogP contribution is -2.31. The summed E-state index contributed by atoms with van der Waals surface area (Å²) in [6.45, 7) is 2.76. The van der Waals surface area contributed by atoms with E-state index in [0.29, 0.717) is 29.2 Å². The third kappa shape index (κ3) is 3.58. The number of allylic oxidation sites excluding steroid dienone is 4. The summed E-state index contributed by atoms with van der Waals surface area (Å²) in [6, 6.07) is 7.47. The van der Waals surface area contributed by atoms with Crippen LogP contribution in [0.4, 0.5) is 9.52 Å². The second-order valence-electron chi connectivity index (χ2n) is 6.27. The Hall–Kier alpha value is -2.21. The van der Waals surface area contributed by atoms with E-state index in [0.717, 1.165) is 16.8 Å². The third-order valence-corrected chi connectivity index (χ3v) is 5.28. The van der Waals surface area contributed by atoms with Crippen LogP contribution in [0.5, 0.6) is 0 Å². The second kappa shape index (κ2) is 7.35. The van der Waals surface area contributed by atoms with Gasteiger partial charge in [-0.15, -0.1) is 0 Å². The van der Waals surface area contributed by atoms with Crippen molar-refractivity contribution in [1.82, 2.24) is 9.88 Å². The molecule has 0 aliphatic heterocycles. The molecule has 1 aliphatic rings. The molecule has 0 fully saturated rings. The van der Waals surface area contributed by atoms with Gasteiger partial charge in [0.1, 0.15) is 6.17 Å². The SMILES string of the molecule is CCCN(C1=CC=C(N(C)C)C(F)C1)c1nc(=O)c2ccccc2s1. The summed E-state index contributed by atoms with van der Waals surface area (Å²) >= 11 is 1.47. The van der Waals surface area contributed by atoms with Crippen molar-refractivity contribution in [2.75, 3.05) is 25.5 Å². The predicted molar refractivity (Wildman–Crippen MR) is 103 cm³/mol. The number of nitrogens with zero attached hydrogens (tertiary/aromatic N) is 3. The summed E-state index contributed by atoms with van der Waals surface area (Å²) in [5.74, 6) is 0. The monoisotopic (exact) mass is 359 g/mol. The molecule has 0 spiro atoms. The van der Waals surface area contributed by atoms with E-state index in [1.165, 1.54) is 11.3 Å². The zero-order valence-corrected chi connectivity index (χ0v) is 15.5. The van der Waals surface area contributed by atoms with Gasteiger partial charge in [-0.05, 0) is 30.7 Å². The summed E-state index contributed by atoms with van der Waals surface area (Å²) in [5.41, 5.74) is 1.29. The standard InChI is InChI=1S/C19H22FN3OS/c1-4-11-23(13-9-10-16(22(2)3)15(20)12-13)19-21-18(24)14-7-5-6-8-17(14)25-19/h5-10,15H,4,11-12H2,1-3H3. The van der Waals surface area contributed by atoms with Crippen molar-refractivity contribution in [3.8, 4) is 0 Å². The average Bonchev–Trinajstić information content (AvgIpc) is 2.59. The van der Waals surface area contributed by atoms with Crippen molar-refractivity contribution in [3.63, 3.8) is 0 Å². The molecule has 25 heavy (non-hydrogen) atoms. The lowest BCUT2D eigenvalue weighted by Gasteiger charge is -2.31. The van der Waals surface area contributed by atoms with Gasteiger partial charge in [-0.25, -0.2) is 4.39 Å². The van der Waals surface area contributed by atoms with Gasteiger partial charge < -0.3 is 9.80 Å². The lowest BCUT2D eigenvalue weighted by molar-refractivity contribution is 0.305. The van der Waals surface area contributed by atoms with Crippen molar-refractivity contribution < 1.29 is 4.39 Å². The van der Waals surface area contributed by atoms with Crippen LogP contribution in [0.1, 0.15) is 19.8 Å². The number of fused-ring (bicyclic) bond motifs is 1. The van der Waals surface area contributed by atoms with Crippen LogP contribution in [0, 0.1) is 0 Å². The minimum atomic E-state index is -1.05. The number of hydrogen-bond donors (Lipinski definition) is 0. The number of halogens is 1. The Balaban J connectivity index is 2.04. The van der Waals surface area contributed by atoms with Gasteiger partial charge in [-0.1, -0.05) is 30.4 Å². The van der Waals surface area contributed by atoms with Gasteiger partial charge in [0.05, 0.1) is 5.39 Å². The predicted octanol–water partition coefficient (Wildman–Crippen LogP) is 3.94. The summed E-state index contributed by atoms with van der Waals surface area (Å²) in [4.78, 5) is 20.4. The molecule has 1 unspecified atom stereocenters. The Morgan fingerprint density at radius 2 is 2.04 bits per heavy atom. The van der Waals surface area contributed by atoms with E-state index in [9.17, 15) is 9.18 Å². The summed E-state index contributed by atoms with van der Waals surface area (Å²) in [6.07, 6.45) is 3.88. The fraction of sp³-hybridized carbons (Fsp3) is 0.368. The normalized spacial score (nSPS) is 17.2. The van der Waals surface area contributed by atoms with E-state index in [-0.39, 0.29) is 5.56 Å². The van der Waals surface area contributed by atoms with Gasteiger partial charge in [0.25, 0.3) is 5.56 Å². The molecule has 1 heterocycles. The molecule has 1 atom stereocenters. The molecule has 3 rings (SSSR count). The van der Waals surface area contributed by atoms with Gasteiger partial charge in [0.2, 0.25) is 0 Å². The molecule has 1 aromatic heterocycles. The summed E-state index contributed by atoms with van der Waals surface area (Å²) < 4.78 is 15.4. The van der Waals surface area contributed by atoms with Crippen LogP contribution < -0.4 is 10.5 Å². The Kier molecular flexibility index (Phi) is 5.18. The highest BCUT2D eigenvalue weighted by molar-refractivity contribution is 7.21.